The fourth-order valence-corrected chi connectivity index (χ4v) is 3.48. The predicted molar refractivity (Wildman–Crippen MR) is 116 cm³/mol. The van der Waals surface area contributed by atoms with E-state index < -0.39 is 23.0 Å². The van der Waals surface area contributed by atoms with Crippen LogP contribution in [0.4, 0.5) is 30.5 Å². The summed E-state index contributed by atoms with van der Waals surface area (Å²) in [6.45, 7) is 2.70. The number of hydrogen-bond acceptors (Lipinski definition) is 5. The first-order chi connectivity index (χ1) is 15.4. The number of ether oxygens (including phenoxy) is 1. The van der Waals surface area contributed by atoms with Crippen LogP contribution in [0, 0.1) is 24.4 Å². The molecule has 9 heteroatoms. The third-order valence-corrected chi connectivity index (χ3v) is 5.20. The number of nitrogens with one attached hydrogen (secondary N) is 1. The highest BCUT2D eigenvalue weighted by Gasteiger charge is 2.15. The van der Waals surface area contributed by atoms with Crippen LogP contribution < -0.4 is 20.5 Å². The Morgan fingerprint density at radius 1 is 1.16 bits per heavy atom. The van der Waals surface area contributed by atoms with E-state index in [0.717, 1.165) is 36.3 Å². The van der Waals surface area contributed by atoms with Gasteiger partial charge in [-0.25, -0.2) is 13.2 Å². The summed E-state index contributed by atoms with van der Waals surface area (Å²) >= 11 is 0. The molecule has 0 aliphatic carbocycles. The van der Waals surface area contributed by atoms with E-state index in [-0.39, 0.29) is 23.8 Å². The van der Waals surface area contributed by atoms with Crippen LogP contribution in [-0.4, -0.2) is 23.2 Å². The number of halogens is 3. The van der Waals surface area contributed by atoms with Gasteiger partial charge in [0, 0.05) is 24.1 Å². The second-order valence-corrected chi connectivity index (χ2v) is 7.43. The molecular formula is C23H21F3N4O2. The van der Waals surface area contributed by atoms with E-state index in [1.807, 2.05) is 31.3 Å². The zero-order chi connectivity index (χ0) is 22.8. The van der Waals surface area contributed by atoms with Gasteiger partial charge in [-0.3, -0.25) is 4.79 Å². The van der Waals surface area contributed by atoms with Gasteiger partial charge in [-0.2, -0.15) is 4.98 Å². The maximum absolute atomic E-state index is 13.7. The number of nitrogens with zero attached hydrogens (tertiary/aromatic N) is 3. The first-order valence-corrected chi connectivity index (χ1v) is 9.95. The predicted octanol–water partition coefficient (Wildman–Crippen LogP) is 4.49. The van der Waals surface area contributed by atoms with E-state index in [0.29, 0.717) is 5.69 Å². The fraction of sp³-hybridized carbons (Fsp3) is 0.217. The molecule has 4 rings (SSSR count). The molecule has 1 aliphatic heterocycles. The number of aryl methyl sites for hydroxylation is 1. The first kappa shape index (κ1) is 21.5. The third kappa shape index (κ3) is 4.32. The molecule has 6 nitrogen and oxygen atoms in total. The Bertz CT molecular complexity index is 1230. The number of benzene rings is 2. The molecule has 2 aromatic carbocycles. The monoisotopic (exact) mass is 442 g/mol. The lowest BCUT2D eigenvalue weighted by atomic mass is 10.1. The van der Waals surface area contributed by atoms with Gasteiger partial charge in [0.2, 0.25) is 11.7 Å². The molecule has 0 spiro atoms. The lowest BCUT2D eigenvalue weighted by Gasteiger charge is -2.20. The van der Waals surface area contributed by atoms with Crippen LogP contribution in [0.2, 0.25) is 0 Å². The topological polar surface area (TPSA) is 59.4 Å². The average Bonchev–Trinajstić information content (AvgIpc) is 3.30. The second-order valence-electron chi connectivity index (χ2n) is 7.43. The number of methoxy groups -OCH3 is 1. The molecule has 0 radical (unpaired) electrons. The molecule has 0 saturated heterocycles. The number of anilines is 3. The van der Waals surface area contributed by atoms with Crippen LogP contribution in [0.3, 0.4) is 0 Å². The molecule has 0 fully saturated rings. The van der Waals surface area contributed by atoms with Crippen molar-refractivity contribution in [3.8, 4) is 5.75 Å². The van der Waals surface area contributed by atoms with Crippen LogP contribution in [0.25, 0.3) is 0 Å². The van der Waals surface area contributed by atoms with Crippen molar-refractivity contribution in [3.63, 3.8) is 0 Å². The molecule has 1 N–H and O–H groups in total. The average molecular weight is 442 g/mol. The Balaban J connectivity index is 1.73. The van der Waals surface area contributed by atoms with Crippen molar-refractivity contribution in [3.05, 3.63) is 87.7 Å². The maximum Gasteiger partial charge on any atom is 0.316 e. The molecule has 3 aromatic rings. The van der Waals surface area contributed by atoms with E-state index in [2.05, 4.69) is 21.3 Å². The summed E-state index contributed by atoms with van der Waals surface area (Å²) in [6, 6.07) is 7.68. The Hall–Kier alpha value is -3.75. The van der Waals surface area contributed by atoms with Crippen molar-refractivity contribution < 1.29 is 17.9 Å². The molecular weight excluding hydrogens is 421 g/mol. The van der Waals surface area contributed by atoms with E-state index >= 15 is 0 Å². The third-order valence-electron chi connectivity index (χ3n) is 5.20. The summed E-state index contributed by atoms with van der Waals surface area (Å²) < 4.78 is 47.3. The molecule has 0 saturated carbocycles. The highest BCUT2D eigenvalue weighted by molar-refractivity contribution is 5.67. The molecule has 1 aliphatic rings. The Labute approximate surface area is 182 Å². The van der Waals surface area contributed by atoms with Crippen molar-refractivity contribution >= 4 is 17.3 Å². The van der Waals surface area contributed by atoms with Gasteiger partial charge in [0.15, 0.2) is 17.5 Å². The quantitative estimate of drug-likeness (QED) is 0.570. The smallest absolute Gasteiger partial charge is 0.316 e. The SMILES string of the molecule is COc1cn(Cc2cc(F)c(F)c(F)c2)c(Nc2cc(N3C=CCC3)ccc2C)nc1=O. The van der Waals surface area contributed by atoms with Gasteiger partial charge in [-0.05, 0) is 48.7 Å². The summed E-state index contributed by atoms with van der Waals surface area (Å²) in [5, 5.41) is 3.14. The van der Waals surface area contributed by atoms with Gasteiger partial charge in [0.1, 0.15) is 0 Å². The molecule has 0 amide bonds. The lowest BCUT2D eigenvalue weighted by Crippen LogP contribution is -2.19. The standard InChI is InChI=1S/C23H21F3N4O2/c1-14-5-6-16(29-7-3-4-8-29)11-19(14)27-23-28-22(31)20(32-2)13-30(23)12-15-9-17(24)21(26)18(25)10-15/h3,5-7,9-11,13H,4,8,12H2,1-2H3,(H,27,28,31). The Morgan fingerprint density at radius 3 is 2.56 bits per heavy atom. The highest BCUT2D eigenvalue weighted by Crippen LogP contribution is 2.28. The minimum atomic E-state index is -1.54. The number of aromatic nitrogens is 2. The highest BCUT2D eigenvalue weighted by atomic mass is 19.2. The van der Waals surface area contributed by atoms with E-state index in [9.17, 15) is 18.0 Å². The van der Waals surface area contributed by atoms with Crippen LogP contribution >= 0.6 is 0 Å². The number of rotatable bonds is 6. The van der Waals surface area contributed by atoms with E-state index in [4.69, 9.17) is 4.74 Å². The first-order valence-electron chi connectivity index (χ1n) is 9.95. The molecule has 2 heterocycles. The van der Waals surface area contributed by atoms with Gasteiger partial charge in [0.05, 0.1) is 19.9 Å². The van der Waals surface area contributed by atoms with E-state index in [1.165, 1.54) is 17.9 Å². The van der Waals surface area contributed by atoms with Gasteiger partial charge in [0.25, 0.3) is 0 Å². The summed E-state index contributed by atoms with van der Waals surface area (Å²) in [4.78, 5) is 18.5. The van der Waals surface area contributed by atoms with Crippen LogP contribution in [-0.2, 0) is 6.54 Å². The minimum absolute atomic E-state index is 0.0358. The molecule has 0 atom stereocenters. The van der Waals surface area contributed by atoms with E-state index in [1.54, 1.807) is 0 Å². The van der Waals surface area contributed by atoms with Crippen molar-refractivity contribution in [2.24, 2.45) is 0 Å². The summed E-state index contributed by atoms with van der Waals surface area (Å²) in [5.41, 5.74) is 2.15. The Morgan fingerprint density at radius 2 is 1.91 bits per heavy atom. The second kappa shape index (κ2) is 8.78. The van der Waals surface area contributed by atoms with Crippen molar-refractivity contribution in [1.29, 1.82) is 0 Å². The minimum Gasteiger partial charge on any atom is -0.490 e. The zero-order valence-electron chi connectivity index (χ0n) is 17.5. The van der Waals surface area contributed by atoms with Gasteiger partial charge in [-0.15, -0.1) is 0 Å². The molecule has 1 aromatic heterocycles. The molecule has 0 unspecified atom stereocenters. The summed E-state index contributed by atoms with van der Waals surface area (Å²) in [6.07, 6.45) is 6.43. The molecule has 0 bridgehead atoms. The van der Waals surface area contributed by atoms with Crippen molar-refractivity contribution in [2.75, 3.05) is 23.9 Å². The van der Waals surface area contributed by atoms with Crippen LogP contribution in [0.1, 0.15) is 17.5 Å². The molecule has 32 heavy (non-hydrogen) atoms. The summed E-state index contributed by atoms with van der Waals surface area (Å²) in [7, 11) is 1.32. The van der Waals surface area contributed by atoms with Gasteiger partial charge in [-0.1, -0.05) is 12.1 Å². The van der Waals surface area contributed by atoms with Crippen molar-refractivity contribution in [2.45, 2.75) is 19.9 Å². The largest absolute Gasteiger partial charge is 0.490 e. The lowest BCUT2D eigenvalue weighted by molar-refractivity contribution is 0.402. The maximum atomic E-state index is 13.7. The zero-order valence-corrected chi connectivity index (χ0v) is 17.5. The van der Waals surface area contributed by atoms with Crippen LogP contribution in [0.5, 0.6) is 5.75 Å². The normalized spacial score (nSPS) is 13.0. The van der Waals surface area contributed by atoms with Crippen LogP contribution in [0.15, 0.2) is 53.6 Å². The Kier molecular flexibility index (Phi) is 5.89. The summed E-state index contributed by atoms with van der Waals surface area (Å²) in [5.74, 6) is -4.01. The fourth-order valence-electron chi connectivity index (χ4n) is 3.48. The number of hydrogen-bond donors (Lipinski definition) is 1. The van der Waals surface area contributed by atoms with Gasteiger partial charge >= 0.3 is 5.56 Å². The van der Waals surface area contributed by atoms with Gasteiger partial charge < -0.3 is 19.5 Å². The molecule has 166 valence electrons. The van der Waals surface area contributed by atoms with Crippen molar-refractivity contribution in [1.82, 2.24) is 9.55 Å².